The number of halogens is 2. The summed E-state index contributed by atoms with van der Waals surface area (Å²) in [5.41, 5.74) is 6.46. The van der Waals surface area contributed by atoms with E-state index in [0.29, 0.717) is 28.9 Å². The van der Waals surface area contributed by atoms with E-state index in [1.54, 1.807) is 6.07 Å². The minimum Gasteiger partial charge on any atom is -0.384 e. The molecule has 0 saturated carbocycles. The first-order valence-corrected chi connectivity index (χ1v) is 6.78. The summed E-state index contributed by atoms with van der Waals surface area (Å²) in [7, 11) is 0. The van der Waals surface area contributed by atoms with Crippen LogP contribution in [0.5, 0.6) is 0 Å². The molecule has 0 bridgehead atoms. The topological polar surface area (TPSA) is 71.8 Å². The number of aromatic nitrogens is 2. The van der Waals surface area contributed by atoms with Gasteiger partial charge >= 0.3 is 0 Å². The molecule has 2 heterocycles. The van der Waals surface area contributed by atoms with Crippen LogP contribution in [0.25, 0.3) is 22.0 Å². The fourth-order valence-corrected chi connectivity index (χ4v) is 2.51. The number of hydrogen-bond donors (Lipinski definition) is 2. The Morgan fingerprint density at radius 1 is 1.23 bits per heavy atom. The molecule has 0 aliphatic heterocycles. The van der Waals surface area contributed by atoms with E-state index in [9.17, 15) is 13.6 Å². The Kier molecular flexibility index (Phi) is 3.36. The quantitative estimate of drug-likeness (QED) is 0.764. The molecule has 0 atom stereocenters. The molecule has 22 heavy (non-hydrogen) atoms. The Balaban J connectivity index is 2.46. The molecule has 6 heteroatoms. The number of nitrogen functional groups attached to an aromatic ring is 1. The number of rotatable bonds is 2. The van der Waals surface area contributed by atoms with Crippen molar-refractivity contribution >= 4 is 16.7 Å². The van der Waals surface area contributed by atoms with E-state index in [4.69, 9.17) is 5.73 Å². The average molecular weight is 301 g/mol. The van der Waals surface area contributed by atoms with Gasteiger partial charge in [0.1, 0.15) is 5.82 Å². The van der Waals surface area contributed by atoms with Gasteiger partial charge in [0.15, 0.2) is 11.6 Å². The molecule has 0 aliphatic rings. The molecular weight excluding hydrogens is 288 g/mol. The van der Waals surface area contributed by atoms with Crippen molar-refractivity contribution in [1.82, 2.24) is 9.97 Å². The van der Waals surface area contributed by atoms with Gasteiger partial charge in [0.05, 0.1) is 11.2 Å². The van der Waals surface area contributed by atoms with Crippen molar-refractivity contribution in [2.75, 3.05) is 5.73 Å². The number of fused-ring (bicyclic) bond motifs is 1. The average Bonchev–Trinajstić information content (AvgIpc) is 2.50. The molecule has 0 amide bonds. The van der Waals surface area contributed by atoms with Crippen molar-refractivity contribution in [2.24, 2.45) is 0 Å². The molecule has 0 radical (unpaired) electrons. The summed E-state index contributed by atoms with van der Waals surface area (Å²) in [6.07, 6.45) is 0.495. The highest BCUT2D eigenvalue weighted by atomic mass is 19.2. The summed E-state index contributed by atoms with van der Waals surface area (Å²) < 4.78 is 28.3. The van der Waals surface area contributed by atoms with Gasteiger partial charge in [0.25, 0.3) is 0 Å². The second kappa shape index (κ2) is 5.22. The van der Waals surface area contributed by atoms with Crippen LogP contribution in [0.1, 0.15) is 12.6 Å². The van der Waals surface area contributed by atoms with Crippen molar-refractivity contribution < 1.29 is 8.78 Å². The minimum atomic E-state index is -1.02. The molecule has 2 aromatic heterocycles. The number of aryl methyl sites for hydroxylation is 1. The summed E-state index contributed by atoms with van der Waals surface area (Å²) in [5, 5.41) is 0.410. The van der Waals surface area contributed by atoms with Crippen molar-refractivity contribution in [3.8, 4) is 11.1 Å². The normalized spacial score (nSPS) is 11.0. The van der Waals surface area contributed by atoms with E-state index in [1.807, 2.05) is 6.92 Å². The Morgan fingerprint density at radius 3 is 2.73 bits per heavy atom. The number of anilines is 1. The Labute approximate surface area is 124 Å². The lowest BCUT2D eigenvalue weighted by atomic mass is 9.98. The number of hydrogen-bond acceptors (Lipinski definition) is 3. The molecule has 0 fully saturated rings. The van der Waals surface area contributed by atoms with E-state index in [-0.39, 0.29) is 16.6 Å². The van der Waals surface area contributed by atoms with Crippen LogP contribution in [0.15, 0.2) is 35.1 Å². The van der Waals surface area contributed by atoms with Crippen LogP contribution in [0.4, 0.5) is 14.6 Å². The zero-order valence-electron chi connectivity index (χ0n) is 11.8. The molecule has 3 aromatic rings. The maximum absolute atomic E-state index is 14.4. The Morgan fingerprint density at radius 2 is 2.00 bits per heavy atom. The van der Waals surface area contributed by atoms with Crippen LogP contribution in [-0.4, -0.2) is 9.97 Å². The first-order chi connectivity index (χ1) is 10.5. The molecule has 112 valence electrons. The fourth-order valence-electron chi connectivity index (χ4n) is 2.51. The van der Waals surface area contributed by atoms with E-state index >= 15 is 0 Å². The molecule has 1 aromatic carbocycles. The SMILES string of the molecule is CCc1nc(N)ccc1-c1c(F)c(F)cc2ccc(=O)[nH]c12. The maximum atomic E-state index is 14.4. The highest BCUT2D eigenvalue weighted by molar-refractivity contribution is 5.94. The van der Waals surface area contributed by atoms with E-state index in [1.165, 1.54) is 18.2 Å². The standard InChI is InChI=1S/C16H13F2N3O/c1-2-11-9(4-5-12(19)20-11)14-15(18)10(17)7-8-3-6-13(22)21-16(8)14/h3-7H,2H2,1H3,(H2,19,20)(H,21,22). The van der Waals surface area contributed by atoms with Crippen molar-refractivity contribution in [3.63, 3.8) is 0 Å². The summed E-state index contributed by atoms with van der Waals surface area (Å²) in [6, 6.07) is 6.89. The maximum Gasteiger partial charge on any atom is 0.248 e. The predicted octanol–water partition coefficient (Wildman–Crippen LogP) is 3.01. The summed E-state index contributed by atoms with van der Waals surface area (Å²) >= 11 is 0. The van der Waals surface area contributed by atoms with Crippen LogP contribution in [-0.2, 0) is 6.42 Å². The fraction of sp³-hybridized carbons (Fsp3) is 0.125. The third-order valence-electron chi connectivity index (χ3n) is 3.51. The molecule has 3 rings (SSSR count). The molecule has 0 aliphatic carbocycles. The van der Waals surface area contributed by atoms with Gasteiger partial charge in [-0.1, -0.05) is 6.92 Å². The molecule has 0 spiro atoms. The first-order valence-electron chi connectivity index (χ1n) is 6.78. The summed E-state index contributed by atoms with van der Waals surface area (Å²) in [4.78, 5) is 18.3. The van der Waals surface area contributed by atoms with Gasteiger partial charge in [-0.2, -0.15) is 0 Å². The van der Waals surface area contributed by atoms with Gasteiger partial charge < -0.3 is 10.7 Å². The van der Waals surface area contributed by atoms with Crippen LogP contribution in [0.3, 0.4) is 0 Å². The van der Waals surface area contributed by atoms with Crippen LogP contribution in [0, 0.1) is 11.6 Å². The molecule has 3 N–H and O–H groups in total. The Hall–Kier alpha value is -2.76. The Bertz CT molecular complexity index is 935. The number of nitrogens with one attached hydrogen (secondary N) is 1. The number of aromatic amines is 1. The minimum absolute atomic E-state index is 0.00273. The lowest BCUT2D eigenvalue weighted by Crippen LogP contribution is -2.06. The smallest absolute Gasteiger partial charge is 0.248 e. The zero-order chi connectivity index (χ0) is 15.9. The van der Waals surface area contributed by atoms with Gasteiger partial charge in [-0.05, 0) is 30.7 Å². The monoisotopic (exact) mass is 301 g/mol. The highest BCUT2D eigenvalue weighted by Crippen LogP contribution is 2.33. The number of pyridine rings is 2. The van der Waals surface area contributed by atoms with Crippen LogP contribution in [0.2, 0.25) is 0 Å². The summed E-state index contributed by atoms with van der Waals surface area (Å²) in [5.74, 6) is -1.70. The molecule has 0 unspecified atom stereocenters. The van der Waals surface area contributed by atoms with Gasteiger partial charge in [0, 0.05) is 22.6 Å². The van der Waals surface area contributed by atoms with E-state index in [2.05, 4.69) is 9.97 Å². The van der Waals surface area contributed by atoms with Crippen molar-refractivity contribution in [2.45, 2.75) is 13.3 Å². The molecule has 0 saturated heterocycles. The lowest BCUT2D eigenvalue weighted by Gasteiger charge is -2.12. The van der Waals surface area contributed by atoms with Crippen molar-refractivity contribution in [1.29, 1.82) is 0 Å². The highest BCUT2D eigenvalue weighted by Gasteiger charge is 2.19. The lowest BCUT2D eigenvalue weighted by molar-refractivity contribution is 0.513. The summed E-state index contributed by atoms with van der Waals surface area (Å²) in [6.45, 7) is 1.84. The zero-order valence-corrected chi connectivity index (χ0v) is 11.8. The molecule has 4 nitrogen and oxygen atoms in total. The second-order valence-electron chi connectivity index (χ2n) is 4.92. The van der Waals surface area contributed by atoms with Gasteiger partial charge in [0.2, 0.25) is 5.56 Å². The van der Waals surface area contributed by atoms with Crippen LogP contribution < -0.4 is 11.3 Å². The first kappa shape index (κ1) is 14.2. The van der Waals surface area contributed by atoms with Gasteiger partial charge in [-0.15, -0.1) is 0 Å². The number of benzene rings is 1. The van der Waals surface area contributed by atoms with E-state index < -0.39 is 11.6 Å². The van der Waals surface area contributed by atoms with Crippen LogP contribution >= 0.6 is 0 Å². The third kappa shape index (κ3) is 2.22. The van der Waals surface area contributed by atoms with Gasteiger partial charge in [-0.25, -0.2) is 13.8 Å². The molecular formula is C16H13F2N3O. The van der Waals surface area contributed by atoms with Crippen molar-refractivity contribution in [3.05, 3.63) is 58.0 Å². The largest absolute Gasteiger partial charge is 0.384 e. The van der Waals surface area contributed by atoms with E-state index in [0.717, 1.165) is 6.07 Å². The number of nitrogens with zero attached hydrogens (tertiary/aromatic N) is 1. The van der Waals surface area contributed by atoms with Gasteiger partial charge in [-0.3, -0.25) is 4.79 Å². The second-order valence-corrected chi connectivity index (χ2v) is 4.92. The number of H-pyrrole nitrogens is 1. The third-order valence-corrected chi connectivity index (χ3v) is 3.51. The number of nitrogens with two attached hydrogens (primary N) is 1. The predicted molar refractivity (Wildman–Crippen MR) is 81.5 cm³/mol.